The summed E-state index contributed by atoms with van der Waals surface area (Å²) in [6.45, 7) is 3.87. The van der Waals surface area contributed by atoms with Gasteiger partial charge in [-0.1, -0.05) is 6.58 Å². The zero-order valence-electron chi connectivity index (χ0n) is 7.36. The van der Waals surface area contributed by atoms with E-state index in [0.29, 0.717) is 5.78 Å². The first kappa shape index (κ1) is 7.79. The largest absolute Gasteiger partial charge is 0.387 e. The van der Waals surface area contributed by atoms with Gasteiger partial charge in [-0.25, -0.2) is 9.97 Å². The summed E-state index contributed by atoms with van der Waals surface area (Å²) in [4.78, 5) is 8.24. The average Bonchev–Trinajstić information content (AvgIpc) is 2.60. The standard InChI is InChI=1S/C9H10N4/c1-7(10-2)8-6-12-9-11-4-3-5-13(8)9/h3-6,10H,1H2,2H3. The minimum absolute atomic E-state index is 0.689. The van der Waals surface area contributed by atoms with Crippen LogP contribution in [0.3, 0.4) is 0 Å². The van der Waals surface area contributed by atoms with E-state index in [-0.39, 0.29) is 0 Å². The van der Waals surface area contributed by atoms with Gasteiger partial charge in [0.05, 0.1) is 17.6 Å². The Balaban J connectivity index is 2.64. The predicted octanol–water partition coefficient (Wildman–Crippen LogP) is 0.919. The number of hydrogen-bond acceptors (Lipinski definition) is 3. The molecule has 2 heterocycles. The zero-order valence-corrected chi connectivity index (χ0v) is 7.36. The van der Waals surface area contributed by atoms with Crippen LogP contribution < -0.4 is 5.32 Å². The van der Waals surface area contributed by atoms with Crippen molar-refractivity contribution in [2.45, 2.75) is 0 Å². The summed E-state index contributed by atoms with van der Waals surface area (Å²) in [6, 6.07) is 1.86. The molecule has 0 bridgehead atoms. The second kappa shape index (κ2) is 2.90. The number of imidazole rings is 1. The van der Waals surface area contributed by atoms with Crippen LogP contribution in [-0.4, -0.2) is 21.4 Å². The molecule has 4 heteroatoms. The van der Waals surface area contributed by atoms with Crippen LogP contribution in [0.1, 0.15) is 5.69 Å². The quantitative estimate of drug-likeness (QED) is 0.736. The summed E-state index contributed by atoms with van der Waals surface area (Å²) in [5.41, 5.74) is 1.77. The van der Waals surface area contributed by atoms with Gasteiger partial charge < -0.3 is 5.32 Å². The SMILES string of the molecule is C=C(NC)c1cnc2ncccn12. The lowest BCUT2D eigenvalue weighted by Gasteiger charge is -2.02. The molecule has 1 N–H and O–H groups in total. The van der Waals surface area contributed by atoms with Crippen LogP contribution in [0.25, 0.3) is 11.5 Å². The van der Waals surface area contributed by atoms with Crippen LogP contribution in [0.5, 0.6) is 0 Å². The number of aromatic nitrogens is 3. The second-order valence-electron chi connectivity index (χ2n) is 2.66. The van der Waals surface area contributed by atoms with Gasteiger partial charge in [-0.15, -0.1) is 0 Å². The lowest BCUT2D eigenvalue weighted by Crippen LogP contribution is -2.05. The molecule has 2 rings (SSSR count). The first-order valence-corrected chi connectivity index (χ1v) is 3.98. The second-order valence-corrected chi connectivity index (χ2v) is 2.66. The van der Waals surface area contributed by atoms with Crippen molar-refractivity contribution in [2.24, 2.45) is 0 Å². The van der Waals surface area contributed by atoms with Crippen LogP contribution in [-0.2, 0) is 0 Å². The molecule has 0 atom stereocenters. The molecule has 2 aromatic rings. The van der Waals surface area contributed by atoms with E-state index in [2.05, 4.69) is 21.9 Å². The van der Waals surface area contributed by atoms with Crippen LogP contribution in [0.15, 0.2) is 31.2 Å². The van der Waals surface area contributed by atoms with E-state index in [1.165, 1.54) is 0 Å². The molecule has 0 saturated heterocycles. The van der Waals surface area contributed by atoms with Gasteiger partial charge in [-0.2, -0.15) is 0 Å². The molecule has 0 spiro atoms. The molecule has 66 valence electrons. The summed E-state index contributed by atoms with van der Waals surface area (Å²) < 4.78 is 1.89. The van der Waals surface area contributed by atoms with Gasteiger partial charge in [0.15, 0.2) is 0 Å². The fourth-order valence-corrected chi connectivity index (χ4v) is 1.18. The highest BCUT2D eigenvalue weighted by Gasteiger charge is 2.04. The maximum atomic E-state index is 4.14. The fraction of sp³-hybridized carbons (Fsp3) is 0.111. The number of hydrogen-bond donors (Lipinski definition) is 1. The number of nitrogens with one attached hydrogen (secondary N) is 1. The van der Waals surface area contributed by atoms with Crippen molar-refractivity contribution < 1.29 is 0 Å². The van der Waals surface area contributed by atoms with Gasteiger partial charge in [0.2, 0.25) is 5.78 Å². The lowest BCUT2D eigenvalue weighted by molar-refractivity contribution is 1.05. The van der Waals surface area contributed by atoms with Gasteiger partial charge in [-0.05, 0) is 6.07 Å². The topological polar surface area (TPSA) is 42.2 Å². The molecule has 0 aliphatic carbocycles. The minimum atomic E-state index is 0.689. The van der Waals surface area contributed by atoms with Gasteiger partial charge in [0.1, 0.15) is 0 Å². The van der Waals surface area contributed by atoms with Crippen molar-refractivity contribution in [2.75, 3.05) is 7.05 Å². The van der Waals surface area contributed by atoms with E-state index in [4.69, 9.17) is 0 Å². The summed E-state index contributed by atoms with van der Waals surface area (Å²) in [5.74, 6) is 0.689. The Hall–Kier alpha value is -1.84. The van der Waals surface area contributed by atoms with Crippen molar-refractivity contribution in [3.63, 3.8) is 0 Å². The molecule has 0 saturated carbocycles. The maximum Gasteiger partial charge on any atom is 0.234 e. The van der Waals surface area contributed by atoms with E-state index in [1.54, 1.807) is 12.4 Å². The van der Waals surface area contributed by atoms with E-state index in [9.17, 15) is 0 Å². The van der Waals surface area contributed by atoms with Crippen LogP contribution >= 0.6 is 0 Å². The third-order valence-corrected chi connectivity index (χ3v) is 1.90. The van der Waals surface area contributed by atoms with Crippen molar-refractivity contribution in [3.05, 3.63) is 36.9 Å². The first-order chi connectivity index (χ1) is 6.33. The molecule has 2 aromatic heterocycles. The molecule has 4 nitrogen and oxygen atoms in total. The minimum Gasteiger partial charge on any atom is -0.387 e. The lowest BCUT2D eigenvalue weighted by atomic mass is 10.4. The molecular formula is C9H10N4. The summed E-state index contributed by atoms with van der Waals surface area (Å²) >= 11 is 0. The normalized spacial score (nSPS) is 10.2. The number of fused-ring (bicyclic) bond motifs is 1. The highest BCUT2D eigenvalue weighted by atomic mass is 15.1. The van der Waals surface area contributed by atoms with Gasteiger partial charge in [0.25, 0.3) is 0 Å². The smallest absolute Gasteiger partial charge is 0.234 e. The number of nitrogens with zero attached hydrogens (tertiary/aromatic N) is 3. The summed E-state index contributed by atoms with van der Waals surface area (Å²) in [7, 11) is 1.83. The van der Waals surface area contributed by atoms with E-state index < -0.39 is 0 Å². The molecule has 0 aliphatic heterocycles. The third kappa shape index (κ3) is 1.16. The molecule has 0 radical (unpaired) electrons. The van der Waals surface area contributed by atoms with Gasteiger partial charge in [0, 0.05) is 19.4 Å². The molecule has 0 fully saturated rings. The summed E-state index contributed by atoms with van der Waals surface area (Å²) in [6.07, 6.45) is 5.38. The molecule has 0 aliphatic rings. The highest BCUT2D eigenvalue weighted by molar-refractivity contribution is 5.60. The Morgan fingerprint density at radius 1 is 1.54 bits per heavy atom. The van der Waals surface area contributed by atoms with Gasteiger partial charge in [-0.3, -0.25) is 4.40 Å². The molecule has 0 aromatic carbocycles. The first-order valence-electron chi connectivity index (χ1n) is 3.98. The molecular weight excluding hydrogens is 164 g/mol. The summed E-state index contributed by atoms with van der Waals surface area (Å²) in [5, 5.41) is 2.98. The Morgan fingerprint density at radius 2 is 2.38 bits per heavy atom. The monoisotopic (exact) mass is 174 g/mol. The number of rotatable bonds is 2. The molecule has 0 unspecified atom stereocenters. The predicted molar refractivity (Wildman–Crippen MR) is 51.1 cm³/mol. The fourth-order valence-electron chi connectivity index (χ4n) is 1.18. The van der Waals surface area contributed by atoms with Crippen molar-refractivity contribution >= 4 is 11.5 Å². The highest BCUT2D eigenvalue weighted by Crippen LogP contribution is 2.09. The Bertz CT molecular complexity index is 444. The van der Waals surface area contributed by atoms with Crippen LogP contribution in [0.2, 0.25) is 0 Å². The van der Waals surface area contributed by atoms with Crippen molar-refractivity contribution in [1.82, 2.24) is 19.7 Å². The zero-order chi connectivity index (χ0) is 9.26. The average molecular weight is 174 g/mol. The third-order valence-electron chi connectivity index (χ3n) is 1.90. The van der Waals surface area contributed by atoms with Crippen molar-refractivity contribution in [1.29, 1.82) is 0 Å². The Labute approximate surface area is 75.9 Å². The maximum absolute atomic E-state index is 4.14. The Kier molecular flexibility index (Phi) is 1.73. The van der Waals surface area contributed by atoms with E-state index in [0.717, 1.165) is 11.4 Å². The molecule has 0 amide bonds. The van der Waals surface area contributed by atoms with Crippen molar-refractivity contribution in [3.8, 4) is 0 Å². The Morgan fingerprint density at radius 3 is 3.15 bits per heavy atom. The molecule has 13 heavy (non-hydrogen) atoms. The van der Waals surface area contributed by atoms with Crippen LogP contribution in [0, 0.1) is 0 Å². The van der Waals surface area contributed by atoms with Gasteiger partial charge >= 0.3 is 0 Å². The van der Waals surface area contributed by atoms with E-state index >= 15 is 0 Å². The van der Waals surface area contributed by atoms with Crippen LogP contribution in [0.4, 0.5) is 0 Å². The van der Waals surface area contributed by atoms with E-state index in [1.807, 2.05) is 23.7 Å².